The molecule has 27 heavy (non-hydrogen) atoms. The number of thioether (sulfide) groups is 1. The van der Waals surface area contributed by atoms with Crippen molar-refractivity contribution in [2.75, 3.05) is 12.9 Å². The minimum atomic E-state index is -1.62. The summed E-state index contributed by atoms with van der Waals surface area (Å²) in [7, 11) is 0. The highest BCUT2D eigenvalue weighted by molar-refractivity contribution is 8.13. The molecule has 0 bridgehead atoms. The molecule has 0 unspecified atom stereocenters. The number of hydrogen-bond donors (Lipinski definition) is 5. The number of rotatable bonds is 5. The van der Waals surface area contributed by atoms with E-state index in [0.717, 1.165) is 11.8 Å². The van der Waals surface area contributed by atoms with Gasteiger partial charge < -0.3 is 35.0 Å². The summed E-state index contributed by atoms with van der Waals surface area (Å²) in [4.78, 5) is 12.6. The molecule has 1 fully saturated rings. The number of hydrogen-bond acceptors (Lipinski definition) is 9. The number of aliphatic hydroxyl groups excluding tert-OH is 4. The van der Waals surface area contributed by atoms with Crippen molar-refractivity contribution < 1.29 is 39.8 Å². The molecule has 1 saturated heterocycles. The summed E-state index contributed by atoms with van der Waals surface area (Å²) in [6.07, 6.45) is -5.24. The Morgan fingerprint density at radius 3 is 2.30 bits per heavy atom. The molecule has 5 atom stereocenters. The molecule has 0 aliphatic carbocycles. The van der Waals surface area contributed by atoms with Crippen LogP contribution in [0.5, 0.6) is 11.5 Å². The number of benzene rings is 1. The zero-order valence-corrected chi connectivity index (χ0v) is 16.5. The van der Waals surface area contributed by atoms with E-state index in [1.165, 1.54) is 0 Å². The monoisotopic (exact) mass is 402 g/mol. The van der Waals surface area contributed by atoms with Crippen molar-refractivity contribution in [3.63, 3.8) is 0 Å². The van der Waals surface area contributed by atoms with Crippen LogP contribution in [-0.4, -0.2) is 74.2 Å². The molecular formula is C18H26O8S. The zero-order valence-electron chi connectivity index (χ0n) is 15.7. The van der Waals surface area contributed by atoms with Crippen LogP contribution in [0, 0.1) is 13.8 Å². The molecule has 5 N–H and O–H groups in total. The topological polar surface area (TPSA) is 137 Å². The van der Waals surface area contributed by atoms with Gasteiger partial charge in [0.15, 0.2) is 0 Å². The average Bonchev–Trinajstić information content (AvgIpc) is 2.67. The molecule has 8 nitrogen and oxygen atoms in total. The van der Waals surface area contributed by atoms with E-state index in [1.54, 1.807) is 20.1 Å². The third kappa shape index (κ3) is 3.94. The summed E-state index contributed by atoms with van der Waals surface area (Å²) >= 11 is 0.980. The number of aliphatic hydroxyl groups is 4. The van der Waals surface area contributed by atoms with Gasteiger partial charge in [-0.2, -0.15) is 0 Å². The lowest BCUT2D eigenvalue weighted by molar-refractivity contribution is -0.277. The first-order chi connectivity index (χ1) is 12.7. The van der Waals surface area contributed by atoms with Gasteiger partial charge in [0.1, 0.15) is 35.9 Å². The number of carbonyl (C=O) groups is 1. The molecular weight excluding hydrogens is 376 g/mol. The smallest absolute Gasteiger partial charge is 0.229 e. The van der Waals surface area contributed by atoms with Crippen LogP contribution in [0.15, 0.2) is 0 Å². The molecule has 152 valence electrons. The largest absolute Gasteiger partial charge is 0.507 e. The van der Waals surface area contributed by atoms with Gasteiger partial charge in [-0.15, -0.1) is 0 Å². The number of phenols is 1. The molecule has 1 heterocycles. The second-order valence-electron chi connectivity index (χ2n) is 6.44. The van der Waals surface area contributed by atoms with Crippen molar-refractivity contribution in [3.05, 3.63) is 22.3 Å². The Hall–Kier alpha value is -1.36. The number of ether oxygens (including phenoxy) is 2. The van der Waals surface area contributed by atoms with Gasteiger partial charge in [-0.3, -0.25) is 4.79 Å². The lowest BCUT2D eigenvalue weighted by Gasteiger charge is -2.40. The Morgan fingerprint density at radius 2 is 1.78 bits per heavy atom. The molecule has 2 rings (SSSR count). The first-order valence-electron chi connectivity index (χ1n) is 8.59. The number of aromatic hydroxyl groups is 1. The van der Waals surface area contributed by atoms with Gasteiger partial charge in [-0.05, 0) is 37.7 Å². The van der Waals surface area contributed by atoms with Gasteiger partial charge >= 0.3 is 0 Å². The van der Waals surface area contributed by atoms with Crippen molar-refractivity contribution in [2.24, 2.45) is 0 Å². The molecule has 0 aromatic heterocycles. The minimum absolute atomic E-state index is 0.0379. The Bertz CT molecular complexity index is 705. The summed E-state index contributed by atoms with van der Waals surface area (Å²) < 4.78 is 11.1. The Kier molecular flexibility index (Phi) is 7.12. The Morgan fingerprint density at radius 1 is 1.15 bits per heavy atom. The first kappa shape index (κ1) is 21.9. The van der Waals surface area contributed by atoms with Crippen LogP contribution in [0.2, 0.25) is 0 Å². The maximum Gasteiger partial charge on any atom is 0.229 e. The predicted octanol–water partition coefficient (Wildman–Crippen LogP) is 0.253. The van der Waals surface area contributed by atoms with E-state index < -0.39 is 37.3 Å². The van der Waals surface area contributed by atoms with E-state index in [0.29, 0.717) is 23.1 Å². The fraction of sp³-hybridized carbons (Fsp3) is 0.611. The third-order valence-corrected chi connectivity index (χ3v) is 5.43. The van der Waals surface area contributed by atoms with Gasteiger partial charge in [-0.25, -0.2) is 0 Å². The van der Waals surface area contributed by atoms with Gasteiger partial charge in [-0.1, -0.05) is 18.7 Å². The molecule has 1 aromatic rings. The van der Waals surface area contributed by atoms with Crippen molar-refractivity contribution in [1.29, 1.82) is 0 Å². The predicted molar refractivity (Wildman–Crippen MR) is 99.2 cm³/mol. The van der Waals surface area contributed by atoms with Gasteiger partial charge in [0.2, 0.25) is 11.4 Å². The number of carbonyl (C=O) groups excluding carboxylic acids is 1. The normalized spacial score (nSPS) is 28.2. The number of phenolic OH excluding ortho intramolecular Hbond substituents is 1. The van der Waals surface area contributed by atoms with Crippen LogP contribution in [0.4, 0.5) is 0 Å². The van der Waals surface area contributed by atoms with E-state index >= 15 is 0 Å². The fourth-order valence-corrected chi connectivity index (χ4v) is 3.65. The molecule has 1 aliphatic heterocycles. The highest BCUT2D eigenvalue weighted by Gasteiger charge is 2.45. The first-order valence-corrected chi connectivity index (χ1v) is 9.82. The van der Waals surface area contributed by atoms with Crippen molar-refractivity contribution in [1.82, 2.24) is 0 Å². The summed E-state index contributed by atoms with van der Waals surface area (Å²) in [6.45, 7) is 4.51. The van der Waals surface area contributed by atoms with Crippen LogP contribution < -0.4 is 4.74 Å². The standard InChI is InChI=1S/C18H26O8S/c1-5-9-7(2)12(20)8(3)16(11(9)17(24)27-4)26-18-15(23)14(22)13(21)10(6-19)25-18/h10,13-15,18-23H,5-6H2,1-4H3/t10-,13-,14+,15-,18+/m1/s1. The van der Waals surface area contributed by atoms with Crippen molar-refractivity contribution in [3.8, 4) is 11.5 Å². The fourth-order valence-electron chi connectivity index (χ4n) is 3.23. The molecule has 1 aliphatic rings. The van der Waals surface area contributed by atoms with E-state index in [4.69, 9.17) is 9.47 Å². The van der Waals surface area contributed by atoms with Crippen molar-refractivity contribution in [2.45, 2.75) is 57.9 Å². The maximum absolute atomic E-state index is 12.6. The molecule has 9 heteroatoms. The quantitative estimate of drug-likeness (QED) is 0.469. The summed E-state index contributed by atoms with van der Waals surface area (Å²) in [6, 6.07) is 0. The van der Waals surface area contributed by atoms with Crippen LogP contribution in [0.25, 0.3) is 0 Å². The maximum atomic E-state index is 12.6. The third-order valence-electron chi connectivity index (χ3n) is 4.86. The lowest BCUT2D eigenvalue weighted by atomic mass is 9.94. The van der Waals surface area contributed by atoms with Crippen LogP contribution in [-0.2, 0) is 11.2 Å². The summed E-state index contributed by atoms with van der Waals surface area (Å²) in [5, 5.41) is 49.5. The van der Waals surface area contributed by atoms with Gasteiger partial charge in [0, 0.05) is 5.56 Å². The molecule has 0 radical (unpaired) electrons. The van der Waals surface area contributed by atoms with E-state index in [-0.39, 0.29) is 22.2 Å². The van der Waals surface area contributed by atoms with E-state index in [2.05, 4.69) is 0 Å². The molecule has 0 spiro atoms. The summed E-state index contributed by atoms with van der Waals surface area (Å²) in [5.74, 6) is 0.00252. The minimum Gasteiger partial charge on any atom is -0.507 e. The van der Waals surface area contributed by atoms with Crippen LogP contribution >= 0.6 is 11.8 Å². The SMILES string of the molecule is CCc1c(C)c(O)c(C)c(O[C@@H]2O[C@H](CO)[C@@H](O)[C@H](O)[C@H]2O)c1C(=O)SC. The average molecular weight is 402 g/mol. The highest BCUT2D eigenvalue weighted by Crippen LogP contribution is 2.41. The molecule has 1 aromatic carbocycles. The zero-order chi connectivity index (χ0) is 20.5. The Balaban J connectivity index is 2.54. The second kappa shape index (κ2) is 8.76. The van der Waals surface area contributed by atoms with Crippen molar-refractivity contribution >= 4 is 16.9 Å². The lowest BCUT2D eigenvalue weighted by Crippen LogP contribution is -2.60. The molecule has 0 amide bonds. The van der Waals surface area contributed by atoms with Crippen LogP contribution in [0.1, 0.15) is 34.0 Å². The van der Waals surface area contributed by atoms with Gasteiger partial charge in [0.25, 0.3) is 0 Å². The van der Waals surface area contributed by atoms with Crippen LogP contribution in [0.3, 0.4) is 0 Å². The van der Waals surface area contributed by atoms with E-state index in [9.17, 15) is 30.3 Å². The van der Waals surface area contributed by atoms with E-state index in [1.807, 2.05) is 6.92 Å². The molecule has 0 saturated carbocycles. The van der Waals surface area contributed by atoms with Gasteiger partial charge in [0.05, 0.1) is 12.2 Å². The Labute approximate surface area is 161 Å². The second-order valence-corrected chi connectivity index (χ2v) is 7.22. The summed E-state index contributed by atoms with van der Waals surface area (Å²) in [5.41, 5.74) is 1.72. The highest BCUT2D eigenvalue weighted by atomic mass is 32.2.